The van der Waals surface area contributed by atoms with Crippen molar-refractivity contribution in [2.24, 2.45) is 5.92 Å². The molecule has 18 heavy (non-hydrogen) atoms. The molecule has 3 heteroatoms. The number of hydrogen-bond donors (Lipinski definition) is 1. The van der Waals surface area contributed by atoms with E-state index in [0.717, 1.165) is 12.0 Å². The summed E-state index contributed by atoms with van der Waals surface area (Å²) < 4.78 is 0. The van der Waals surface area contributed by atoms with Crippen LogP contribution in [-0.2, 0) is 0 Å². The zero-order valence-electron chi connectivity index (χ0n) is 12.3. The van der Waals surface area contributed by atoms with Crippen LogP contribution in [0, 0.1) is 5.92 Å². The first kappa shape index (κ1) is 14.3. The summed E-state index contributed by atoms with van der Waals surface area (Å²) in [6.07, 6.45) is 6.84. The van der Waals surface area contributed by atoms with Crippen LogP contribution in [0.2, 0.25) is 0 Å². The lowest BCUT2D eigenvalue weighted by atomic mass is 9.99. The summed E-state index contributed by atoms with van der Waals surface area (Å²) in [5.74, 6) is 0.951. The summed E-state index contributed by atoms with van der Waals surface area (Å²) in [6, 6.07) is 0.763. The SMILES string of the molecule is CC1CCN(CCNC2CCCN(C)CC2)CC1. The maximum Gasteiger partial charge on any atom is 0.0107 e. The average Bonchev–Trinajstić information content (AvgIpc) is 2.57. The number of rotatable bonds is 4. The second kappa shape index (κ2) is 7.46. The van der Waals surface area contributed by atoms with Gasteiger partial charge in [-0.25, -0.2) is 0 Å². The smallest absolute Gasteiger partial charge is 0.0107 e. The Balaban J connectivity index is 1.57. The molecule has 0 aromatic carbocycles. The average molecular weight is 253 g/mol. The highest BCUT2D eigenvalue weighted by molar-refractivity contribution is 4.75. The molecule has 2 aliphatic heterocycles. The Labute approximate surface area is 113 Å². The molecule has 1 unspecified atom stereocenters. The van der Waals surface area contributed by atoms with Crippen molar-refractivity contribution in [3.63, 3.8) is 0 Å². The highest BCUT2D eigenvalue weighted by Gasteiger charge is 2.17. The monoisotopic (exact) mass is 253 g/mol. The van der Waals surface area contributed by atoms with Crippen molar-refractivity contribution >= 4 is 0 Å². The minimum Gasteiger partial charge on any atom is -0.313 e. The molecule has 0 saturated carbocycles. The van der Waals surface area contributed by atoms with Crippen molar-refractivity contribution < 1.29 is 0 Å². The van der Waals surface area contributed by atoms with Gasteiger partial charge in [-0.3, -0.25) is 0 Å². The molecule has 0 aromatic rings. The fourth-order valence-electron chi connectivity index (χ4n) is 3.16. The molecule has 3 nitrogen and oxygen atoms in total. The van der Waals surface area contributed by atoms with Crippen LogP contribution in [0.25, 0.3) is 0 Å². The molecule has 0 radical (unpaired) electrons. The van der Waals surface area contributed by atoms with Gasteiger partial charge in [0.2, 0.25) is 0 Å². The topological polar surface area (TPSA) is 18.5 Å². The Morgan fingerprint density at radius 1 is 1.00 bits per heavy atom. The van der Waals surface area contributed by atoms with E-state index in [1.54, 1.807) is 0 Å². The van der Waals surface area contributed by atoms with Crippen molar-refractivity contribution in [3.05, 3.63) is 0 Å². The maximum absolute atomic E-state index is 3.77. The van der Waals surface area contributed by atoms with Gasteiger partial charge in [-0.1, -0.05) is 6.92 Å². The summed E-state index contributed by atoms with van der Waals surface area (Å²) in [7, 11) is 2.25. The van der Waals surface area contributed by atoms with Gasteiger partial charge < -0.3 is 15.1 Å². The lowest BCUT2D eigenvalue weighted by Gasteiger charge is -2.30. The second-order valence-electron chi connectivity index (χ2n) is 6.41. The molecule has 2 aliphatic rings. The third-order valence-corrected chi connectivity index (χ3v) is 4.69. The van der Waals surface area contributed by atoms with Crippen LogP contribution in [0.4, 0.5) is 0 Å². The molecule has 2 fully saturated rings. The van der Waals surface area contributed by atoms with Gasteiger partial charge >= 0.3 is 0 Å². The van der Waals surface area contributed by atoms with Crippen molar-refractivity contribution in [1.82, 2.24) is 15.1 Å². The first-order chi connectivity index (χ1) is 8.74. The fourth-order valence-corrected chi connectivity index (χ4v) is 3.16. The molecule has 0 amide bonds. The number of likely N-dealkylation sites (tertiary alicyclic amines) is 2. The quantitative estimate of drug-likeness (QED) is 0.824. The lowest BCUT2D eigenvalue weighted by molar-refractivity contribution is 0.190. The van der Waals surface area contributed by atoms with Gasteiger partial charge in [-0.15, -0.1) is 0 Å². The molecular formula is C15H31N3. The molecule has 0 bridgehead atoms. The van der Waals surface area contributed by atoms with Crippen LogP contribution < -0.4 is 5.32 Å². The molecule has 2 rings (SSSR count). The van der Waals surface area contributed by atoms with E-state index in [-0.39, 0.29) is 0 Å². The molecule has 0 aliphatic carbocycles. The van der Waals surface area contributed by atoms with E-state index in [0.29, 0.717) is 0 Å². The number of nitrogens with zero attached hydrogens (tertiary/aromatic N) is 2. The van der Waals surface area contributed by atoms with Crippen LogP contribution in [0.3, 0.4) is 0 Å². The van der Waals surface area contributed by atoms with Gasteiger partial charge in [-0.05, 0) is 71.2 Å². The van der Waals surface area contributed by atoms with Crippen LogP contribution in [-0.4, -0.2) is 62.2 Å². The van der Waals surface area contributed by atoms with E-state index < -0.39 is 0 Å². The number of hydrogen-bond acceptors (Lipinski definition) is 3. The van der Waals surface area contributed by atoms with Gasteiger partial charge in [0.25, 0.3) is 0 Å². The molecule has 106 valence electrons. The van der Waals surface area contributed by atoms with Crippen LogP contribution >= 0.6 is 0 Å². The summed E-state index contributed by atoms with van der Waals surface area (Å²) in [5.41, 5.74) is 0. The van der Waals surface area contributed by atoms with Gasteiger partial charge in [0.05, 0.1) is 0 Å². The number of piperidine rings is 1. The molecule has 1 atom stereocenters. The third kappa shape index (κ3) is 4.87. The lowest BCUT2D eigenvalue weighted by Crippen LogP contribution is -2.40. The Bertz CT molecular complexity index is 224. The summed E-state index contributed by atoms with van der Waals surface area (Å²) >= 11 is 0. The zero-order valence-corrected chi connectivity index (χ0v) is 12.3. The molecule has 2 heterocycles. The summed E-state index contributed by atoms with van der Waals surface area (Å²) in [6.45, 7) is 9.99. The zero-order chi connectivity index (χ0) is 12.8. The van der Waals surface area contributed by atoms with Crippen LogP contribution in [0.5, 0.6) is 0 Å². The Morgan fingerprint density at radius 2 is 1.78 bits per heavy atom. The van der Waals surface area contributed by atoms with Gasteiger partial charge in [0, 0.05) is 19.1 Å². The highest BCUT2D eigenvalue weighted by Crippen LogP contribution is 2.15. The van der Waals surface area contributed by atoms with E-state index in [2.05, 4.69) is 29.1 Å². The Kier molecular flexibility index (Phi) is 5.93. The maximum atomic E-state index is 3.77. The fraction of sp³-hybridized carbons (Fsp3) is 1.00. The van der Waals surface area contributed by atoms with E-state index in [1.807, 2.05) is 0 Å². The molecule has 2 saturated heterocycles. The van der Waals surface area contributed by atoms with Gasteiger partial charge in [0.15, 0.2) is 0 Å². The summed E-state index contributed by atoms with van der Waals surface area (Å²) in [4.78, 5) is 5.10. The van der Waals surface area contributed by atoms with Crippen LogP contribution in [0.15, 0.2) is 0 Å². The van der Waals surface area contributed by atoms with E-state index in [9.17, 15) is 0 Å². The van der Waals surface area contributed by atoms with Crippen LogP contribution in [0.1, 0.15) is 39.0 Å². The van der Waals surface area contributed by atoms with Gasteiger partial charge in [0.1, 0.15) is 0 Å². The predicted molar refractivity (Wildman–Crippen MR) is 78.0 cm³/mol. The number of nitrogens with one attached hydrogen (secondary N) is 1. The van der Waals surface area contributed by atoms with Crippen molar-refractivity contribution in [3.8, 4) is 0 Å². The molecule has 0 spiro atoms. The van der Waals surface area contributed by atoms with Gasteiger partial charge in [-0.2, -0.15) is 0 Å². The van der Waals surface area contributed by atoms with E-state index in [1.165, 1.54) is 71.4 Å². The standard InChI is InChI=1S/C15H31N3/c1-14-5-11-18(12-6-14)13-8-16-15-4-3-9-17(2)10-7-15/h14-16H,3-13H2,1-2H3. The first-order valence-electron chi connectivity index (χ1n) is 7.88. The Morgan fingerprint density at radius 3 is 2.56 bits per heavy atom. The minimum atomic E-state index is 0.763. The molecular weight excluding hydrogens is 222 g/mol. The van der Waals surface area contributed by atoms with Crippen molar-refractivity contribution in [2.75, 3.05) is 46.3 Å². The largest absolute Gasteiger partial charge is 0.313 e. The predicted octanol–water partition coefficient (Wildman–Crippen LogP) is 1.79. The second-order valence-corrected chi connectivity index (χ2v) is 6.41. The Hall–Kier alpha value is -0.120. The molecule has 1 N–H and O–H groups in total. The summed E-state index contributed by atoms with van der Waals surface area (Å²) in [5, 5.41) is 3.77. The molecule has 0 aromatic heterocycles. The first-order valence-corrected chi connectivity index (χ1v) is 7.88. The highest BCUT2D eigenvalue weighted by atomic mass is 15.1. The minimum absolute atomic E-state index is 0.763. The van der Waals surface area contributed by atoms with Crippen molar-refractivity contribution in [2.45, 2.75) is 45.1 Å². The van der Waals surface area contributed by atoms with Crippen molar-refractivity contribution in [1.29, 1.82) is 0 Å². The van der Waals surface area contributed by atoms with E-state index in [4.69, 9.17) is 0 Å². The normalized spacial score (nSPS) is 29.3. The third-order valence-electron chi connectivity index (χ3n) is 4.69. The van der Waals surface area contributed by atoms with E-state index >= 15 is 0 Å².